The Morgan fingerprint density at radius 3 is 2.58 bits per heavy atom. The molecule has 2 fully saturated rings. The third-order valence-electron chi connectivity index (χ3n) is 6.47. The molecule has 31 heavy (non-hydrogen) atoms. The molecule has 0 radical (unpaired) electrons. The SMILES string of the molecule is O=C(Nc1ccc(Cl)c2cnccc12)c1ccc(N2CCN(C3CCC3)CC2)c(F)c1. The predicted octanol–water partition coefficient (Wildman–Crippen LogP) is 4.95. The quantitative estimate of drug-likeness (QED) is 0.625. The molecule has 2 aromatic carbocycles. The molecule has 1 N–H and O–H groups in total. The van der Waals surface area contributed by atoms with Crippen molar-refractivity contribution in [1.29, 1.82) is 0 Å². The van der Waals surface area contributed by atoms with Crippen LogP contribution in [0.15, 0.2) is 48.8 Å². The van der Waals surface area contributed by atoms with Gasteiger partial charge < -0.3 is 10.2 Å². The number of benzene rings is 2. The van der Waals surface area contributed by atoms with Gasteiger partial charge in [-0.3, -0.25) is 14.7 Å². The Labute approximate surface area is 185 Å². The molecule has 5 nitrogen and oxygen atoms in total. The van der Waals surface area contributed by atoms with Crippen molar-refractivity contribution in [1.82, 2.24) is 9.88 Å². The van der Waals surface area contributed by atoms with E-state index in [1.165, 1.54) is 25.3 Å². The maximum absolute atomic E-state index is 14.9. The van der Waals surface area contributed by atoms with E-state index in [0.717, 1.165) is 43.0 Å². The standard InChI is InChI=1S/C24H24ClFN4O/c25-20-5-6-22(18-8-9-27-15-19(18)20)28-24(31)16-4-7-23(21(26)14-16)30-12-10-29(11-13-30)17-2-1-3-17/h4-9,14-15,17H,1-3,10-13H2,(H,28,31). The van der Waals surface area contributed by atoms with Gasteiger partial charge in [0.2, 0.25) is 0 Å². The minimum absolute atomic E-state index is 0.284. The summed E-state index contributed by atoms with van der Waals surface area (Å²) in [4.78, 5) is 21.5. The van der Waals surface area contributed by atoms with Crippen molar-refractivity contribution in [2.24, 2.45) is 0 Å². The molecular formula is C24H24ClFN4O. The number of fused-ring (bicyclic) bond motifs is 1. The summed E-state index contributed by atoms with van der Waals surface area (Å²) in [6.07, 6.45) is 7.21. The maximum atomic E-state index is 14.9. The molecule has 0 atom stereocenters. The van der Waals surface area contributed by atoms with Crippen molar-refractivity contribution in [3.8, 4) is 0 Å². The summed E-state index contributed by atoms with van der Waals surface area (Å²) in [5.41, 5.74) is 1.46. The average molecular weight is 439 g/mol. The first kappa shape index (κ1) is 20.2. The summed E-state index contributed by atoms with van der Waals surface area (Å²) >= 11 is 6.22. The molecule has 2 aliphatic rings. The molecule has 0 spiro atoms. The Kier molecular flexibility index (Phi) is 5.50. The Hall–Kier alpha value is -2.70. The van der Waals surface area contributed by atoms with Crippen LogP contribution in [-0.4, -0.2) is 48.0 Å². The van der Waals surface area contributed by atoms with E-state index in [1.54, 1.807) is 42.7 Å². The van der Waals surface area contributed by atoms with E-state index in [4.69, 9.17) is 11.6 Å². The second-order valence-corrected chi connectivity index (χ2v) is 8.65. The monoisotopic (exact) mass is 438 g/mol. The van der Waals surface area contributed by atoms with E-state index >= 15 is 0 Å². The molecular weight excluding hydrogens is 415 g/mol. The van der Waals surface area contributed by atoms with Crippen LogP contribution in [0, 0.1) is 5.82 Å². The number of nitrogens with one attached hydrogen (secondary N) is 1. The summed E-state index contributed by atoms with van der Waals surface area (Å²) in [7, 11) is 0. The molecule has 1 aliphatic heterocycles. The van der Waals surface area contributed by atoms with Crippen molar-refractivity contribution >= 4 is 39.7 Å². The second-order valence-electron chi connectivity index (χ2n) is 8.24. The van der Waals surface area contributed by atoms with E-state index in [0.29, 0.717) is 16.4 Å². The zero-order valence-electron chi connectivity index (χ0n) is 17.2. The number of rotatable bonds is 4. The molecule has 1 amide bonds. The van der Waals surface area contributed by atoms with Crippen LogP contribution in [0.1, 0.15) is 29.6 Å². The topological polar surface area (TPSA) is 48.5 Å². The molecule has 1 aromatic heterocycles. The number of carbonyl (C=O) groups is 1. The van der Waals surface area contributed by atoms with Crippen LogP contribution in [0.4, 0.5) is 15.8 Å². The number of aromatic nitrogens is 1. The highest BCUT2D eigenvalue weighted by atomic mass is 35.5. The fraction of sp³-hybridized carbons (Fsp3) is 0.333. The lowest BCUT2D eigenvalue weighted by molar-refractivity contribution is 0.102. The normalized spacial score (nSPS) is 17.5. The number of hydrogen-bond acceptors (Lipinski definition) is 4. The Morgan fingerprint density at radius 1 is 1.06 bits per heavy atom. The average Bonchev–Trinajstić information content (AvgIpc) is 2.75. The smallest absolute Gasteiger partial charge is 0.255 e. The largest absolute Gasteiger partial charge is 0.367 e. The molecule has 1 saturated heterocycles. The van der Waals surface area contributed by atoms with Gasteiger partial charge in [0.25, 0.3) is 5.91 Å². The third kappa shape index (κ3) is 3.98. The zero-order valence-corrected chi connectivity index (χ0v) is 17.9. The molecule has 1 saturated carbocycles. The van der Waals surface area contributed by atoms with Crippen LogP contribution in [0.2, 0.25) is 5.02 Å². The number of hydrogen-bond donors (Lipinski definition) is 1. The van der Waals surface area contributed by atoms with Crippen molar-refractivity contribution in [3.63, 3.8) is 0 Å². The summed E-state index contributed by atoms with van der Waals surface area (Å²) in [5, 5.41) is 4.98. The fourth-order valence-electron chi connectivity index (χ4n) is 4.44. The molecule has 2 heterocycles. The highest BCUT2D eigenvalue weighted by Crippen LogP contribution is 2.30. The first-order valence-electron chi connectivity index (χ1n) is 10.7. The van der Waals surface area contributed by atoms with Crippen molar-refractivity contribution in [2.45, 2.75) is 25.3 Å². The first-order valence-corrected chi connectivity index (χ1v) is 11.1. The number of halogens is 2. The van der Waals surface area contributed by atoms with Gasteiger partial charge in [-0.2, -0.15) is 0 Å². The van der Waals surface area contributed by atoms with Crippen molar-refractivity contribution in [3.05, 3.63) is 65.2 Å². The lowest BCUT2D eigenvalue weighted by Gasteiger charge is -2.43. The zero-order chi connectivity index (χ0) is 21.4. The lowest BCUT2D eigenvalue weighted by Crippen LogP contribution is -2.52. The molecule has 3 aromatic rings. The van der Waals surface area contributed by atoms with E-state index in [-0.39, 0.29) is 17.3 Å². The van der Waals surface area contributed by atoms with Crippen LogP contribution >= 0.6 is 11.6 Å². The van der Waals surface area contributed by atoms with Gasteiger partial charge in [-0.05, 0) is 49.2 Å². The van der Waals surface area contributed by atoms with Gasteiger partial charge in [-0.15, -0.1) is 0 Å². The van der Waals surface area contributed by atoms with E-state index < -0.39 is 0 Å². The van der Waals surface area contributed by atoms with Gasteiger partial charge in [0.05, 0.1) is 10.7 Å². The van der Waals surface area contributed by atoms with Crippen molar-refractivity contribution < 1.29 is 9.18 Å². The number of amides is 1. The number of nitrogens with zero attached hydrogens (tertiary/aromatic N) is 3. The summed E-state index contributed by atoms with van der Waals surface area (Å²) in [6, 6.07) is 10.7. The van der Waals surface area contributed by atoms with Crippen molar-refractivity contribution in [2.75, 3.05) is 36.4 Å². The van der Waals surface area contributed by atoms with Gasteiger partial charge in [-0.1, -0.05) is 18.0 Å². The van der Waals surface area contributed by atoms with Crippen LogP contribution < -0.4 is 10.2 Å². The number of pyridine rings is 1. The number of anilines is 2. The Morgan fingerprint density at radius 2 is 1.87 bits per heavy atom. The minimum Gasteiger partial charge on any atom is -0.367 e. The van der Waals surface area contributed by atoms with Gasteiger partial charge in [-0.25, -0.2) is 4.39 Å². The Bertz CT molecular complexity index is 1130. The molecule has 7 heteroatoms. The predicted molar refractivity (Wildman–Crippen MR) is 123 cm³/mol. The van der Waals surface area contributed by atoms with E-state index in [2.05, 4.69) is 20.1 Å². The van der Waals surface area contributed by atoms with Gasteiger partial charge in [0.1, 0.15) is 5.82 Å². The lowest BCUT2D eigenvalue weighted by atomic mass is 9.91. The van der Waals surface area contributed by atoms with E-state index in [1.807, 2.05) is 0 Å². The van der Waals surface area contributed by atoms with E-state index in [9.17, 15) is 9.18 Å². The number of piperazine rings is 1. The van der Waals surface area contributed by atoms with Gasteiger partial charge >= 0.3 is 0 Å². The van der Waals surface area contributed by atoms with Gasteiger partial charge in [0, 0.05) is 66.6 Å². The first-order chi connectivity index (χ1) is 15.1. The molecule has 160 valence electrons. The summed E-state index contributed by atoms with van der Waals surface area (Å²) in [5.74, 6) is -0.726. The van der Waals surface area contributed by atoms with Crippen LogP contribution in [0.5, 0.6) is 0 Å². The summed E-state index contributed by atoms with van der Waals surface area (Å²) in [6.45, 7) is 3.54. The third-order valence-corrected chi connectivity index (χ3v) is 6.80. The molecule has 0 unspecified atom stereocenters. The summed E-state index contributed by atoms with van der Waals surface area (Å²) < 4.78 is 14.9. The minimum atomic E-state index is -0.366. The highest BCUT2D eigenvalue weighted by Gasteiger charge is 2.28. The number of carbonyl (C=O) groups excluding carboxylic acids is 1. The molecule has 0 bridgehead atoms. The molecule has 1 aliphatic carbocycles. The molecule has 5 rings (SSSR count). The Balaban J connectivity index is 1.30. The maximum Gasteiger partial charge on any atom is 0.255 e. The fourth-order valence-corrected chi connectivity index (χ4v) is 4.66. The van der Waals surface area contributed by atoms with Crippen LogP contribution in [0.3, 0.4) is 0 Å². The van der Waals surface area contributed by atoms with Crippen LogP contribution in [-0.2, 0) is 0 Å². The van der Waals surface area contributed by atoms with Crippen LogP contribution in [0.25, 0.3) is 10.8 Å². The second kappa shape index (κ2) is 8.44. The highest BCUT2D eigenvalue weighted by molar-refractivity contribution is 6.36. The van der Waals surface area contributed by atoms with Gasteiger partial charge in [0.15, 0.2) is 0 Å².